The van der Waals surface area contributed by atoms with Crippen molar-refractivity contribution in [3.8, 4) is 0 Å². The molecule has 1 aliphatic rings. The molecule has 116 valence electrons. The van der Waals surface area contributed by atoms with Crippen molar-refractivity contribution in [3.63, 3.8) is 0 Å². The monoisotopic (exact) mass is 327 g/mol. The molecule has 0 aromatic heterocycles. The normalized spacial score (nSPS) is 22.2. The third-order valence-corrected chi connectivity index (χ3v) is 3.96. The molecule has 1 saturated carbocycles. The minimum atomic E-state index is -2.30. The zero-order valence-electron chi connectivity index (χ0n) is 10.7. The molecule has 1 N–H and O–H groups in total. The maximum absolute atomic E-state index is 13.5. The summed E-state index contributed by atoms with van der Waals surface area (Å²) in [6, 6.07) is -0.567. The van der Waals surface area contributed by atoms with Gasteiger partial charge in [-0.2, -0.15) is 0 Å². The molecule has 1 aromatic carbocycles. The summed E-state index contributed by atoms with van der Waals surface area (Å²) in [6.45, 7) is 0. The van der Waals surface area contributed by atoms with Crippen LogP contribution in [0.5, 0.6) is 0 Å². The molecule has 0 heterocycles. The summed E-state index contributed by atoms with van der Waals surface area (Å²) < 4.78 is 66.0. The lowest BCUT2D eigenvalue weighted by atomic mass is 9.94. The number of hydrogen-bond donors (Lipinski definition) is 1. The van der Waals surface area contributed by atoms with Crippen molar-refractivity contribution in [2.75, 3.05) is 0 Å². The Morgan fingerprint density at radius 1 is 0.905 bits per heavy atom. The Morgan fingerprint density at radius 2 is 1.38 bits per heavy atom. The van der Waals surface area contributed by atoms with E-state index in [-0.39, 0.29) is 0 Å². The van der Waals surface area contributed by atoms with Crippen LogP contribution in [0, 0.1) is 29.1 Å². The molecule has 2 atom stereocenters. The van der Waals surface area contributed by atoms with Gasteiger partial charge in [-0.05, 0) is 12.8 Å². The number of carbonyl (C=O) groups is 1. The highest BCUT2D eigenvalue weighted by Crippen LogP contribution is 2.26. The van der Waals surface area contributed by atoms with Crippen LogP contribution in [0.25, 0.3) is 0 Å². The predicted molar refractivity (Wildman–Crippen MR) is 65.6 cm³/mol. The maximum Gasteiger partial charge on any atom is 0.257 e. The van der Waals surface area contributed by atoms with Crippen LogP contribution in [0.2, 0.25) is 0 Å². The number of carbonyl (C=O) groups excluding carboxylic acids is 1. The molecule has 1 fully saturated rings. The molecule has 0 aliphatic heterocycles. The van der Waals surface area contributed by atoms with E-state index in [1.165, 1.54) is 0 Å². The van der Waals surface area contributed by atoms with Crippen molar-refractivity contribution < 1.29 is 26.7 Å². The third-order valence-electron chi connectivity index (χ3n) is 3.43. The van der Waals surface area contributed by atoms with Crippen LogP contribution in [0.1, 0.15) is 36.0 Å². The lowest BCUT2D eigenvalue weighted by molar-refractivity contribution is 0.0916. The average molecular weight is 328 g/mol. The summed E-state index contributed by atoms with van der Waals surface area (Å²) in [4.78, 5) is 11.8. The number of hydrogen-bond acceptors (Lipinski definition) is 1. The molecule has 21 heavy (non-hydrogen) atoms. The first-order valence-electron chi connectivity index (χ1n) is 6.31. The van der Waals surface area contributed by atoms with E-state index in [4.69, 9.17) is 11.6 Å². The SMILES string of the molecule is O=C(NC1CCCCC1Cl)c1c(F)c(F)c(F)c(F)c1F. The smallest absolute Gasteiger partial charge is 0.257 e. The van der Waals surface area contributed by atoms with Crippen molar-refractivity contribution in [2.24, 2.45) is 0 Å². The van der Waals surface area contributed by atoms with Crippen LogP contribution < -0.4 is 5.32 Å². The minimum absolute atomic E-state index is 0.441. The van der Waals surface area contributed by atoms with Gasteiger partial charge in [-0.15, -0.1) is 11.6 Å². The van der Waals surface area contributed by atoms with Crippen molar-refractivity contribution in [2.45, 2.75) is 37.1 Å². The van der Waals surface area contributed by atoms with E-state index in [1.54, 1.807) is 0 Å². The second-order valence-corrected chi connectivity index (χ2v) is 5.39. The molecular weight excluding hydrogens is 317 g/mol. The number of benzene rings is 1. The molecule has 0 saturated heterocycles. The van der Waals surface area contributed by atoms with Gasteiger partial charge in [0.2, 0.25) is 5.82 Å². The summed E-state index contributed by atoms with van der Waals surface area (Å²) in [6.07, 6.45) is 2.69. The lowest BCUT2D eigenvalue weighted by Gasteiger charge is -2.27. The zero-order chi connectivity index (χ0) is 15.7. The molecule has 2 rings (SSSR count). The number of rotatable bonds is 2. The highest BCUT2D eigenvalue weighted by molar-refractivity contribution is 6.21. The van der Waals surface area contributed by atoms with Gasteiger partial charge in [0.15, 0.2) is 23.3 Å². The van der Waals surface area contributed by atoms with Crippen LogP contribution >= 0.6 is 11.6 Å². The topological polar surface area (TPSA) is 29.1 Å². The molecule has 2 unspecified atom stereocenters. The number of amides is 1. The van der Waals surface area contributed by atoms with Gasteiger partial charge in [-0.3, -0.25) is 4.79 Å². The molecule has 1 amide bonds. The van der Waals surface area contributed by atoms with Crippen LogP contribution in [0.4, 0.5) is 22.0 Å². The van der Waals surface area contributed by atoms with Crippen LogP contribution in [0.15, 0.2) is 0 Å². The van der Waals surface area contributed by atoms with Gasteiger partial charge in [-0.1, -0.05) is 12.8 Å². The van der Waals surface area contributed by atoms with Crippen LogP contribution in [-0.4, -0.2) is 17.3 Å². The lowest BCUT2D eigenvalue weighted by Crippen LogP contribution is -2.43. The first-order chi connectivity index (χ1) is 9.84. The Bertz CT molecular complexity index is 551. The predicted octanol–water partition coefficient (Wildman–Crippen LogP) is 3.66. The van der Waals surface area contributed by atoms with Crippen molar-refractivity contribution in [3.05, 3.63) is 34.6 Å². The first kappa shape index (κ1) is 16.0. The molecule has 2 nitrogen and oxygen atoms in total. The number of nitrogens with one attached hydrogen (secondary N) is 1. The third kappa shape index (κ3) is 2.97. The van der Waals surface area contributed by atoms with Gasteiger partial charge in [0.1, 0.15) is 5.56 Å². The standard InChI is InChI=1S/C13H11ClF5NO/c14-5-3-1-2-4-6(5)20-13(21)7-8(15)10(17)12(19)11(18)9(7)16/h5-6H,1-4H2,(H,20,21). The van der Waals surface area contributed by atoms with E-state index in [0.717, 1.165) is 12.8 Å². The van der Waals surface area contributed by atoms with Crippen LogP contribution in [-0.2, 0) is 0 Å². The summed E-state index contributed by atoms with van der Waals surface area (Å²) in [5.74, 6) is -12.2. The fourth-order valence-electron chi connectivity index (χ4n) is 2.29. The number of alkyl halides is 1. The van der Waals surface area contributed by atoms with E-state index in [9.17, 15) is 26.7 Å². The van der Waals surface area contributed by atoms with Gasteiger partial charge in [0.05, 0.1) is 5.38 Å². The first-order valence-corrected chi connectivity index (χ1v) is 6.74. The highest BCUT2D eigenvalue weighted by Gasteiger charge is 2.32. The van der Waals surface area contributed by atoms with Crippen molar-refractivity contribution >= 4 is 17.5 Å². The summed E-state index contributed by atoms with van der Waals surface area (Å²) in [5, 5.41) is 1.79. The largest absolute Gasteiger partial charge is 0.348 e. The maximum atomic E-state index is 13.5. The fraction of sp³-hybridized carbons (Fsp3) is 0.462. The Morgan fingerprint density at radius 3 is 1.90 bits per heavy atom. The average Bonchev–Trinajstić information content (AvgIpc) is 2.46. The molecule has 0 bridgehead atoms. The minimum Gasteiger partial charge on any atom is -0.348 e. The molecular formula is C13H11ClF5NO. The van der Waals surface area contributed by atoms with Gasteiger partial charge in [-0.25, -0.2) is 22.0 Å². The Hall–Kier alpha value is -1.37. The second-order valence-electron chi connectivity index (χ2n) is 4.83. The molecule has 8 heteroatoms. The molecule has 0 radical (unpaired) electrons. The fourth-order valence-corrected chi connectivity index (χ4v) is 2.64. The molecule has 0 spiro atoms. The van der Waals surface area contributed by atoms with E-state index >= 15 is 0 Å². The molecule has 1 aromatic rings. The van der Waals surface area contributed by atoms with Gasteiger partial charge < -0.3 is 5.32 Å². The van der Waals surface area contributed by atoms with E-state index in [1.807, 2.05) is 0 Å². The van der Waals surface area contributed by atoms with E-state index < -0.39 is 52.0 Å². The van der Waals surface area contributed by atoms with Crippen molar-refractivity contribution in [1.29, 1.82) is 0 Å². The van der Waals surface area contributed by atoms with Gasteiger partial charge in [0.25, 0.3) is 5.91 Å². The van der Waals surface area contributed by atoms with Gasteiger partial charge in [0, 0.05) is 6.04 Å². The quantitative estimate of drug-likeness (QED) is 0.382. The summed E-state index contributed by atoms with van der Waals surface area (Å²) in [5.41, 5.74) is -1.49. The Labute approximate surface area is 122 Å². The van der Waals surface area contributed by atoms with E-state index in [0.29, 0.717) is 12.8 Å². The van der Waals surface area contributed by atoms with Crippen LogP contribution in [0.3, 0.4) is 0 Å². The number of halogens is 6. The van der Waals surface area contributed by atoms with Gasteiger partial charge >= 0.3 is 0 Å². The molecule has 1 aliphatic carbocycles. The summed E-state index contributed by atoms with van der Waals surface area (Å²) >= 11 is 5.97. The van der Waals surface area contributed by atoms with Crippen molar-refractivity contribution in [1.82, 2.24) is 5.32 Å². The Balaban J connectivity index is 2.31. The second kappa shape index (κ2) is 6.17. The zero-order valence-corrected chi connectivity index (χ0v) is 11.4. The highest BCUT2D eigenvalue weighted by atomic mass is 35.5. The van der Waals surface area contributed by atoms with E-state index in [2.05, 4.69) is 5.32 Å². The Kier molecular flexibility index (Phi) is 4.70. The summed E-state index contributed by atoms with van der Waals surface area (Å²) in [7, 11) is 0.